The van der Waals surface area contributed by atoms with Gasteiger partial charge in [-0.25, -0.2) is 9.97 Å². The summed E-state index contributed by atoms with van der Waals surface area (Å²) < 4.78 is 5.69. The molecule has 3 rings (SSSR count). The molecular formula is C15H17N3O2S. The van der Waals surface area contributed by atoms with Crippen LogP contribution in [0.2, 0.25) is 0 Å². The third-order valence-corrected chi connectivity index (χ3v) is 4.21. The van der Waals surface area contributed by atoms with Gasteiger partial charge in [0, 0.05) is 6.20 Å². The Morgan fingerprint density at radius 1 is 1.48 bits per heavy atom. The first-order chi connectivity index (χ1) is 10.1. The Kier molecular flexibility index (Phi) is 3.63. The van der Waals surface area contributed by atoms with E-state index in [1.165, 1.54) is 11.3 Å². The van der Waals surface area contributed by atoms with Crippen molar-refractivity contribution in [2.45, 2.75) is 32.8 Å². The number of amides is 1. The molecule has 0 aromatic carbocycles. The lowest BCUT2D eigenvalue weighted by atomic mass is 10.1. The third kappa shape index (κ3) is 2.51. The minimum Gasteiger partial charge on any atom is -0.471 e. The summed E-state index contributed by atoms with van der Waals surface area (Å²) in [5.74, 6) is 0.716. The van der Waals surface area contributed by atoms with E-state index < -0.39 is 0 Å². The van der Waals surface area contributed by atoms with Gasteiger partial charge in [0.15, 0.2) is 0 Å². The number of rotatable bonds is 2. The lowest BCUT2D eigenvalue weighted by Crippen LogP contribution is -2.42. The maximum Gasteiger partial charge on any atom is 0.270 e. The Bertz CT molecular complexity index is 668. The Morgan fingerprint density at radius 3 is 3.05 bits per heavy atom. The molecule has 0 aliphatic carbocycles. The smallest absolute Gasteiger partial charge is 0.270 e. The van der Waals surface area contributed by atoms with Crippen molar-refractivity contribution < 1.29 is 9.53 Å². The zero-order chi connectivity index (χ0) is 15.0. The molecule has 1 aliphatic heterocycles. The number of thiazole rings is 1. The molecule has 0 saturated heterocycles. The maximum absolute atomic E-state index is 12.9. The van der Waals surface area contributed by atoms with Gasteiger partial charge in [-0.2, -0.15) is 0 Å². The van der Waals surface area contributed by atoms with Gasteiger partial charge in [-0.3, -0.25) is 9.69 Å². The summed E-state index contributed by atoms with van der Waals surface area (Å²) >= 11 is 1.39. The first-order valence-electron chi connectivity index (χ1n) is 6.95. The van der Waals surface area contributed by atoms with Crippen molar-refractivity contribution in [1.82, 2.24) is 9.97 Å². The van der Waals surface area contributed by atoms with Gasteiger partial charge >= 0.3 is 0 Å². The molecule has 21 heavy (non-hydrogen) atoms. The Labute approximate surface area is 127 Å². The van der Waals surface area contributed by atoms with Crippen LogP contribution in [0.1, 0.15) is 42.1 Å². The quantitative estimate of drug-likeness (QED) is 0.855. The van der Waals surface area contributed by atoms with Gasteiger partial charge in [-0.05, 0) is 25.0 Å². The predicted molar refractivity (Wildman–Crippen MR) is 82.2 cm³/mol. The summed E-state index contributed by atoms with van der Waals surface area (Å²) in [5, 5.41) is 0. The number of hydrogen-bond donors (Lipinski definition) is 0. The fraction of sp³-hybridized carbons (Fsp3) is 0.400. The number of hydrogen-bond acceptors (Lipinski definition) is 5. The molecular weight excluding hydrogens is 286 g/mol. The van der Waals surface area contributed by atoms with Gasteiger partial charge in [0.25, 0.3) is 5.91 Å². The highest BCUT2D eigenvalue weighted by Gasteiger charge is 2.31. The molecule has 0 fully saturated rings. The monoisotopic (exact) mass is 303 g/mol. The molecule has 1 aliphatic rings. The van der Waals surface area contributed by atoms with Crippen molar-refractivity contribution in [3.05, 3.63) is 34.4 Å². The lowest BCUT2D eigenvalue weighted by molar-refractivity contribution is 0.0961. The molecule has 1 atom stereocenters. The molecule has 110 valence electrons. The lowest BCUT2D eigenvalue weighted by Gasteiger charge is -2.32. The van der Waals surface area contributed by atoms with Crippen LogP contribution in [-0.4, -0.2) is 28.5 Å². The van der Waals surface area contributed by atoms with Crippen LogP contribution in [0, 0.1) is 0 Å². The average molecular weight is 303 g/mol. The van der Waals surface area contributed by atoms with Crippen LogP contribution < -0.4 is 9.64 Å². The highest BCUT2D eigenvalue weighted by molar-refractivity contribution is 7.12. The van der Waals surface area contributed by atoms with Crippen LogP contribution in [0.4, 0.5) is 5.69 Å². The zero-order valence-electron chi connectivity index (χ0n) is 12.2. The molecule has 6 heteroatoms. The Hall–Kier alpha value is -1.95. The van der Waals surface area contributed by atoms with Crippen molar-refractivity contribution >= 4 is 22.9 Å². The van der Waals surface area contributed by atoms with E-state index in [9.17, 15) is 4.79 Å². The summed E-state index contributed by atoms with van der Waals surface area (Å²) in [4.78, 5) is 23.9. The standard InChI is InChI=1S/C15H17N3O2S/c1-9(2)12-13(21-8-17-12)15(19)18-7-10(3)20-14-11(18)5-4-6-16-14/h4-6,8-10H,7H2,1-3H3. The summed E-state index contributed by atoms with van der Waals surface area (Å²) in [6.45, 7) is 6.55. The fourth-order valence-electron chi connectivity index (χ4n) is 2.40. The number of aromatic nitrogens is 2. The molecule has 2 aromatic rings. The van der Waals surface area contributed by atoms with E-state index in [1.54, 1.807) is 16.6 Å². The van der Waals surface area contributed by atoms with E-state index in [1.807, 2.05) is 32.9 Å². The second kappa shape index (κ2) is 5.44. The van der Waals surface area contributed by atoms with Crippen LogP contribution in [0.25, 0.3) is 0 Å². The van der Waals surface area contributed by atoms with Gasteiger partial charge < -0.3 is 4.74 Å². The molecule has 0 bridgehead atoms. The van der Waals surface area contributed by atoms with Gasteiger partial charge in [0.1, 0.15) is 16.7 Å². The predicted octanol–water partition coefficient (Wildman–Crippen LogP) is 3.09. The maximum atomic E-state index is 12.9. The average Bonchev–Trinajstić information content (AvgIpc) is 2.95. The van der Waals surface area contributed by atoms with Crippen LogP contribution >= 0.6 is 11.3 Å². The van der Waals surface area contributed by atoms with Crippen LogP contribution in [0.3, 0.4) is 0 Å². The molecule has 5 nitrogen and oxygen atoms in total. The van der Waals surface area contributed by atoms with Crippen LogP contribution in [-0.2, 0) is 0 Å². The molecule has 0 spiro atoms. The highest BCUT2D eigenvalue weighted by atomic mass is 32.1. The Morgan fingerprint density at radius 2 is 2.29 bits per heavy atom. The largest absolute Gasteiger partial charge is 0.471 e. The third-order valence-electron chi connectivity index (χ3n) is 3.38. The first-order valence-corrected chi connectivity index (χ1v) is 7.82. The summed E-state index contributed by atoms with van der Waals surface area (Å²) in [6, 6.07) is 3.68. The number of nitrogens with zero attached hydrogens (tertiary/aromatic N) is 3. The van der Waals surface area contributed by atoms with Crippen LogP contribution in [0.5, 0.6) is 5.88 Å². The van der Waals surface area contributed by atoms with Crippen molar-refractivity contribution in [1.29, 1.82) is 0 Å². The summed E-state index contributed by atoms with van der Waals surface area (Å²) in [6.07, 6.45) is 1.60. The van der Waals surface area contributed by atoms with Gasteiger partial charge in [-0.1, -0.05) is 13.8 Å². The first kappa shape index (κ1) is 14.0. The molecule has 3 heterocycles. The fourth-order valence-corrected chi connectivity index (χ4v) is 3.29. The van der Waals surface area contributed by atoms with E-state index in [4.69, 9.17) is 4.74 Å². The molecule has 0 radical (unpaired) electrons. The van der Waals surface area contributed by atoms with E-state index >= 15 is 0 Å². The number of carbonyl (C=O) groups excluding carboxylic acids is 1. The highest BCUT2D eigenvalue weighted by Crippen LogP contribution is 2.33. The number of pyridine rings is 1. The van der Waals surface area contributed by atoms with Crippen molar-refractivity contribution in [3.63, 3.8) is 0 Å². The van der Waals surface area contributed by atoms with E-state index in [-0.39, 0.29) is 17.9 Å². The van der Waals surface area contributed by atoms with E-state index in [0.29, 0.717) is 17.3 Å². The molecule has 1 amide bonds. The van der Waals surface area contributed by atoms with Crippen molar-refractivity contribution in [2.75, 3.05) is 11.4 Å². The molecule has 0 N–H and O–H groups in total. The van der Waals surface area contributed by atoms with Gasteiger partial charge in [-0.15, -0.1) is 11.3 Å². The van der Waals surface area contributed by atoms with E-state index in [2.05, 4.69) is 9.97 Å². The van der Waals surface area contributed by atoms with Crippen LogP contribution in [0.15, 0.2) is 23.8 Å². The second-order valence-electron chi connectivity index (χ2n) is 5.39. The normalized spacial score (nSPS) is 17.5. The van der Waals surface area contributed by atoms with Gasteiger partial charge in [0.2, 0.25) is 5.88 Å². The van der Waals surface area contributed by atoms with Crippen molar-refractivity contribution in [2.24, 2.45) is 0 Å². The summed E-state index contributed by atoms with van der Waals surface area (Å²) in [5.41, 5.74) is 3.31. The molecule has 1 unspecified atom stereocenters. The SMILES string of the molecule is CC1CN(C(=O)c2scnc2C(C)C)c2cccnc2O1. The minimum atomic E-state index is -0.0771. The number of ether oxygens (including phenoxy) is 1. The van der Waals surface area contributed by atoms with Crippen molar-refractivity contribution in [3.8, 4) is 5.88 Å². The number of anilines is 1. The minimum absolute atomic E-state index is 0.0226. The Balaban J connectivity index is 2.00. The molecule has 2 aromatic heterocycles. The zero-order valence-corrected chi connectivity index (χ0v) is 13.1. The number of carbonyl (C=O) groups is 1. The van der Waals surface area contributed by atoms with E-state index in [0.717, 1.165) is 11.4 Å². The molecule has 0 saturated carbocycles. The topological polar surface area (TPSA) is 55.3 Å². The second-order valence-corrected chi connectivity index (χ2v) is 6.25. The summed E-state index contributed by atoms with van der Waals surface area (Å²) in [7, 11) is 0. The van der Waals surface area contributed by atoms with Gasteiger partial charge in [0.05, 0.1) is 17.7 Å². The number of fused-ring (bicyclic) bond motifs is 1.